The molecule has 2 aliphatic heterocycles. The number of guanidine groups is 1. The molecule has 27 heavy (non-hydrogen) atoms. The van der Waals surface area contributed by atoms with Gasteiger partial charge in [0.15, 0.2) is 5.96 Å². The number of halogens is 1. The van der Waals surface area contributed by atoms with Gasteiger partial charge in [-0.15, -0.1) is 24.0 Å². The number of hydrogen-bond donors (Lipinski definition) is 1. The van der Waals surface area contributed by atoms with Gasteiger partial charge in [0.25, 0.3) is 0 Å². The summed E-state index contributed by atoms with van der Waals surface area (Å²) in [6, 6.07) is 5.27. The molecule has 0 spiro atoms. The molecule has 0 bridgehead atoms. The summed E-state index contributed by atoms with van der Waals surface area (Å²) in [5.41, 5.74) is 0.0600. The molecule has 0 aliphatic carbocycles. The van der Waals surface area contributed by atoms with Crippen LogP contribution in [-0.4, -0.2) is 67.5 Å². The van der Waals surface area contributed by atoms with E-state index in [0.29, 0.717) is 6.61 Å². The van der Waals surface area contributed by atoms with Gasteiger partial charge in [-0.1, -0.05) is 6.07 Å². The largest absolute Gasteiger partial charge is 0.375 e. The second-order valence-corrected chi connectivity index (χ2v) is 6.82. The summed E-state index contributed by atoms with van der Waals surface area (Å²) < 4.78 is 13.4. The van der Waals surface area contributed by atoms with Gasteiger partial charge in [-0.05, 0) is 31.7 Å². The minimum Gasteiger partial charge on any atom is -0.375 e. The number of nitrogens with one attached hydrogen (secondary N) is 1. The molecule has 1 N–H and O–H groups in total. The Hall–Kier alpha value is -1.13. The van der Waals surface area contributed by atoms with Gasteiger partial charge < -0.3 is 24.3 Å². The number of unbranched alkanes of at least 4 members (excludes halogenated alkanes) is 1. The standard InChI is InChI=1S/C19H30N4O3.HI/c1-20-19(21-9-3-5-11-22-10-4-2-8-18(22)24)23-12-14-26-17(15-23)16-7-6-13-25-16;/h2,4,8,10,16-17H,3,5-7,9,11-15H2,1H3,(H,20,21);1H. The summed E-state index contributed by atoms with van der Waals surface area (Å²) in [5, 5.41) is 3.44. The predicted molar refractivity (Wildman–Crippen MR) is 117 cm³/mol. The fraction of sp³-hybridized carbons (Fsp3) is 0.684. The lowest BCUT2D eigenvalue weighted by molar-refractivity contribution is -0.0816. The fourth-order valence-electron chi connectivity index (χ4n) is 3.57. The first kappa shape index (κ1) is 22.2. The van der Waals surface area contributed by atoms with Crippen molar-refractivity contribution in [2.45, 2.75) is 44.4 Å². The average Bonchev–Trinajstić information content (AvgIpc) is 3.21. The summed E-state index contributed by atoms with van der Waals surface area (Å²) in [4.78, 5) is 18.4. The molecular formula is C19H31IN4O3. The highest BCUT2D eigenvalue weighted by molar-refractivity contribution is 14.0. The molecule has 2 saturated heterocycles. The maximum atomic E-state index is 11.7. The number of rotatable bonds is 6. The molecule has 2 fully saturated rings. The van der Waals surface area contributed by atoms with Gasteiger partial charge in [0.05, 0.1) is 12.7 Å². The topological polar surface area (TPSA) is 68.1 Å². The number of hydrogen-bond acceptors (Lipinski definition) is 4. The Bertz CT molecular complexity index is 646. The zero-order valence-electron chi connectivity index (χ0n) is 16.0. The van der Waals surface area contributed by atoms with Gasteiger partial charge in [0, 0.05) is 52.1 Å². The molecule has 0 aromatic carbocycles. The van der Waals surface area contributed by atoms with E-state index < -0.39 is 0 Å². The van der Waals surface area contributed by atoms with Crippen LogP contribution in [-0.2, 0) is 16.0 Å². The van der Waals surface area contributed by atoms with Crippen molar-refractivity contribution in [1.29, 1.82) is 0 Å². The third-order valence-electron chi connectivity index (χ3n) is 4.99. The van der Waals surface area contributed by atoms with Gasteiger partial charge in [-0.2, -0.15) is 0 Å². The van der Waals surface area contributed by atoms with Gasteiger partial charge in [0.2, 0.25) is 5.56 Å². The van der Waals surface area contributed by atoms with E-state index in [2.05, 4.69) is 15.2 Å². The lowest BCUT2D eigenvalue weighted by Crippen LogP contribution is -2.53. The van der Waals surface area contributed by atoms with E-state index >= 15 is 0 Å². The smallest absolute Gasteiger partial charge is 0.250 e. The van der Waals surface area contributed by atoms with Crippen molar-refractivity contribution in [2.75, 3.05) is 39.9 Å². The van der Waals surface area contributed by atoms with Crippen LogP contribution >= 0.6 is 24.0 Å². The summed E-state index contributed by atoms with van der Waals surface area (Å²) in [6.07, 6.45) is 6.35. The van der Waals surface area contributed by atoms with Crippen LogP contribution in [0.15, 0.2) is 34.2 Å². The summed E-state index contributed by atoms with van der Waals surface area (Å²) in [6.45, 7) is 4.82. The number of morpholine rings is 1. The molecule has 7 nitrogen and oxygen atoms in total. The van der Waals surface area contributed by atoms with E-state index in [4.69, 9.17) is 9.47 Å². The minimum atomic E-state index is 0. The van der Waals surface area contributed by atoms with Crippen molar-refractivity contribution in [3.63, 3.8) is 0 Å². The van der Waals surface area contributed by atoms with Crippen LogP contribution in [0.2, 0.25) is 0 Å². The summed E-state index contributed by atoms with van der Waals surface area (Å²) in [7, 11) is 1.82. The van der Waals surface area contributed by atoms with Gasteiger partial charge >= 0.3 is 0 Å². The first-order valence-electron chi connectivity index (χ1n) is 9.62. The Labute approximate surface area is 178 Å². The lowest BCUT2D eigenvalue weighted by atomic mass is 10.1. The maximum Gasteiger partial charge on any atom is 0.250 e. The number of aliphatic imine (C=N–C) groups is 1. The molecule has 1 aromatic heterocycles. The van der Waals surface area contributed by atoms with E-state index in [1.165, 1.54) is 0 Å². The number of aryl methyl sites for hydroxylation is 1. The Kier molecular flexibility index (Phi) is 9.57. The molecule has 152 valence electrons. The third kappa shape index (κ3) is 6.46. The molecule has 0 saturated carbocycles. The maximum absolute atomic E-state index is 11.7. The molecule has 3 rings (SSSR count). The molecule has 1 aromatic rings. The molecule has 0 amide bonds. The summed E-state index contributed by atoms with van der Waals surface area (Å²) >= 11 is 0. The molecule has 3 heterocycles. The minimum absolute atomic E-state index is 0. The highest BCUT2D eigenvalue weighted by atomic mass is 127. The van der Waals surface area contributed by atoms with Crippen LogP contribution in [0.3, 0.4) is 0 Å². The normalized spacial score (nSPS) is 23.1. The van der Waals surface area contributed by atoms with E-state index in [-0.39, 0.29) is 41.7 Å². The average molecular weight is 490 g/mol. The van der Waals surface area contributed by atoms with Crippen LogP contribution in [0.4, 0.5) is 0 Å². The van der Waals surface area contributed by atoms with Crippen LogP contribution in [0.5, 0.6) is 0 Å². The SMILES string of the molecule is CN=C(NCCCCn1ccccc1=O)N1CCOC(C2CCCO2)C1.I. The Morgan fingerprint density at radius 1 is 1.26 bits per heavy atom. The van der Waals surface area contributed by atoms with Crippen molar-refractivity contribution in [3.8, 4) is 0 Å². The molecule has 0 radical (unpaired) electrons. The van der Waals surface area contributed by atoms with Crippen molar-refractivity contribution >= 4 is 29.9 Å². The first-order valence-corrected chi connectivity index (χ1v) is 9.62. The number of pyridine rings is 1. The van der Waals surface area contributed by atoms with E-state index in [1.807, 2.05) is 19.3 Å². The van der Waals surface area contributed by atoms with Crippen LogP contribution < -0.4 is 10.9 Å². The first-order chi connectivity index (χ1) is 12.8. The zero-order valence-corrected chi connectivity index (χ0v) is 18.3. The Morgan fingerprint density at radius 3 is 2.85 bits per heavy atom. The van der Waals surface area contributed by atoms with E-state index in [9.17, 15) is 4.79 Å². The van der Waals surface area contributed by atoms with Crippen LogP contribution in [0.25, 0.3) is 0 Å². The van der Waals surface area contributed by atoms with Gasteiger partial charge in [-0.3, -0.25) is 9.79 Å². The number of ether oxygens (including phenoxy) is 2. The van der Waals surface area contributed by atoms with Gasteiger partial charge in [-0.25, -0.2) is 0 Å². The third-order valence-corrected chi connectivity index (χ3v) is 4.99. The zero-order chi connectivity index (χ0) is 18.2. The highest BCUT2D eigenvalue weighted by Crippen LogP contribution is 2.20. The van der Waals surface area contributed by atoms with Crippen molar-refractivity contribution in [3.05, 3.63) is 34.7 Å². The molecule has 2 unspecified atom stereocenters. The number of aromatic nitrogens is 1. The second-order valence-electron chi connectivity index (χ2n) is 6.82. The monoisotopic (exact) mass is 490 g/mol. The summed E-state index contributed by atoms with van der Waals surface area (Å²) in [5.74, 6) is 0.924. The number of nitrogens with zero attached hydrogens (tertiary/aromatic N) is 3. The predicted octanol–water partition coefficient (Wildman–Crippen LogP) is 1.70. The van der Waals surface area contributed by atoms with Crippen molar-refractivity contribution in [1.82, 2.24) is 14.8 Å². The van der Waals surface area contributed by atoms with Crippen LogP contribution in [0, 0.1) is 0 Å². The Balaban J connectivity index is 0.00000261. The lowest BCUT2D eigenvalue weighted by Gasteiger charge is -2.37. The molecular weight excluding hydrogens is 459 g/mol. The Morgan fingerprint density at radius 2 is 2.11 bits per heavy atom. The van der Waals surface area contributed by atoms with Gasteiger partial charge in [0.1, 0.15) is 6.10 Å². The van der Waals surface area contributed by atoms with E-state index in [1.54, 1.807) is 16.7 Å². The van der Waals surface area contributed by atoms with E-state index in [0.717, 1.165) is 64.4 Å². The molecule has 2 atom stereocenters. The van der Waals surface area contributed by atoms with Crippen LogP contribution in [0.1, 0.15) is 25.7 Å². The molecule has 8 heteroatoms. The fourth-order valence-corrected chi connectivity index (χ4v) is 3.57. The highest BCUT2D eigenvalue weighted by Gasteiger charge is 2.32. The second kappa shape index (κ2) is 11.7. The quantitative estimate of drug-likeness (QED) is 0.285. The molecule has 2 aliphatic rings. The van der Waals surface area contributed by atoms with Crippen molar-refractivity contribution in [2.24, 2.45) is 4.99 Å². The van der Waals surface area contributed by atoms with Crippen molar-refractivity contribution < 1.29 is 9.47 Å².